The molecule has 0 radical (unpaired) electrons. The van der Waals surface area contributed by atoms with Gasteiger partial charge in [-0.05, 0) is 36.4 Å². The van der Waals surface area contributed by atoms with Crippen LogP contribution in [0.2, 0.25) is 0 Å². The van der Waals surface area contributed by atoms with E-state index in [1.165, 1.54) is 32.6 Å². The first-order chi connectivity index (χ1) is 15.7. The third-order valence-corrected chi connectivity index (χ3v) is 6.75. The van der Waals surface area contributed by atoms with Crippen LogP contribution in [0, 0.1) is 0 Å². The van der Waals surface area contributed by atoms with E-state index >= 15 is 0 Å². The Morgan fingerprint density at radius 3 is 1.31 bits per heavy atom. The smallest absolute Gasteiger partial charge is 0.129 e. The van der Waals surface area contributed by atoms with Gasteiger partial charge in [0, 0.05) is 46.7 Å². The largest absolute Gasteiger partial charge is 0.496 e. The number of nitrogens with zero attached hydrogens (tertiary/aromatic N) is 2. The third-order valence-electron chi connectivity index (χ3n) is 6.75. The number of hydrogen-bond acceptors (Lipinski definition) is 2. The fraction of sp³-hybridized carbons (Fsp3) is 0.143. The van der Waals surface area contributed by atoms with Crippen LogP contribution in [0.25, 0.3) is 54.7 Å². The van der Waals surface area contributed by atoms with Crippen LogP contribution in [0.3, 0.4) is 0 Å². The molecule has 2 aromatic heterocycles. The van der Waals surface area contributed by atoms with Gasteiger partial charge in [0.25, 0.3) is 0 Å². The highest BCUT2D eigenvalue weighted by molar-refractivity contribution is 6.20. The van der Waals surface area contributed by atoms with Gasteiger partial charge in [-0.15, -0.1) is 0 Å². The van der Waals surface area contributed by atoms with Crippen LogP contribution in [-0.4, -0.2) is 23.4 Å². The van der Waals surface area contributed by atoms with Gasteiger partial charge in [0.15, 0.2) is 0 Å². The Bertz CT molecular complexity index is 1540. The molecule has 4 nitrogen and oxygen atoms in total. The van der Waals surface area contributed by atoms with Crippen LogP contribution >= 0.6 is 0 Å². The lowest BCUT2D eigenvalue weighted by molar-refractivity contribution is 0.411. The molecule has 4 heteroatoms. The van der Waals surface area contributed by atoms with Crippen molar-refractivity contribution in [2.75, 3.05) is 14.2 Å². The van der Waals surface area contributed by atoms with Crippen LogP contribution < -0.4 is 9.47 Å². The summed E-state index contributed by atoms with van der Waals surface area (Å²) in [6.45, 7) is 0. The lowest BCUT2D eigenvalue weighted by Crippen LogP contribution is -1.99. The number of benzene rings is 4. The highest BCUT2D eigenvalue weighted by Gasteiger charge is 2.24. The van der Waals surface area contributed by atoms with Gasteiger partial charge >= 0.3 is 0 Å². The Kier molecular flexibility index (Phi) is 3.99. The minimum absolute atomic E-state index is 0.833. The zero-order valence-electron chi connectivity index (χ0n) is 18.6. The molecule has 0 aliphatic rings. The Balaban J connectivity index is 1.89. The monoisotopic (exact) mass is 420 g/mol. The molecule has 0 unspecified atom stereocenters. The molecule has 6 rings (SSSR count). The predicted octanol–water partition coefficient (Wildman–Crippen LogP) is 6.66. The van der Waals surface area contributed by atoms with Gasteiger partial charge in [0.05, 0.1) is 36.4 Å². The van der Waals surface area contributed by atoms with E-state index in [0.29, 0.717) is 0 Å². The summed E-state index contributed by atoms with van der Waals surface area (Å²) in [7, 11) is 7.73. The molecule has 2 heterocycles. The molecule has 0 fully saturated rings. The van der Waals surface area contributed by atoms with Crippen molar-refractivity contribution in [2.45, 2.75) is 0 Å². The molecule has 4 aromatic carbocycles. The van der Waals surface area contributed by atoms with E-state index in [-0.39, 0.29) is 0 Å². The first kappa shape index (κ1) is 18.8. The standard InChI is InChI=1S/C28H24N2O2/c1-29-21-11-7-5-9-17(21)19-13-15-23(31-3)25(27(19)29)26-24(32-4)16-14-20-18-10-6-8-12-22(18)30(2)28(20)26/h5-16H,1-4H3. The molecule has 0 spiro atoms. The van der Waals surface area contributed by atoms with Crippen LogP contribution in [0.4, 0.5) is 0 Å². The van der Waals surface area contributed by atoms with Crippen molar-refractivity contribution in [3.8, 4) is 22.6 Å². The topological polar surface area (TPSA) is 28.3 Å². The first-order valence-electron chi connectivity index (χ1n) is 10.7. The number of methoxy groups -OCH3 is 2. The molecule has 0 aliphatic heterocycles. The van der Waals surface area contributed by atoms with E-state index < -0.39 is 0 Å². The Hall–Kier alpha value is -3.92. The van der Waals surface area contributed by atoms with Gasteiger partial charge in [0.1, 0.15) is 11.5 Å². The summed E-state index contributed by atoms with van der Waals surface area (Å²) in [5, 5.41) is 4.88. The van der Waals surface area contributed by atoms with Gasteiger partial charge in [-0.2, -0.15) is 0 Å². The molecule has 6 aromatic rings. The van der Waals surface area contributed by atoms with Crippen molar-refractivity contribution >= 4 is 43.6 Å². The summed E-state index contributed by atoms with van der Waals surface area (Å²) in [4.78, 5) is 0. The maximum Gasteiger partial charge on any atom is 0.129 e. The summed E-state index contributed by atoms with van der Waals surface area (Å²) in [6.07, 6.45) is 0. The molecule has 0 saturated carbocycles. The average molecular weight is 421 g/mol. The number of ether oxygens (including phenoxy) is 2. The zero-order valence-corrected chi connectivity index (χ0v) is 18.6. The second-order valence-corrected chi connectivity index (χ2v) is 8.23. The van der Waals surface area contributed by atoms with Crippen LogP contribution in [0.5, 0.6) is 11.5 Å². The van der Waals surface area contributed by atoms with Gasteiger partial charge in [-0.25, -0.2) is 0 Å². The van der Waals surface area contributed by atoms with Crippen molar-refractivity contribution in [2.24, 2.45) is 14.1 Å². The minimum atomic E-state index is 0.833. The molecule has 0 saturated heterocycles. The number of aryl methyl sites for hydroxylation is 2. The first-order valence-corrected chi connectivity index (χ1v) is 10.7. The Morgan fingerprint density at radius 1 is 0.500 bits per heavy atom. The van der Waals surface area contributed by atoms with Crippen LogP contribution in [0.15, 0.2) is 72.8 Å². The highest BCUT2D eigenvalue weighted by atomic mass is 16.5. The summed E-state index contributed by atoms with van der Waals surface area (Å²) in [5.74, 6) is 1.67. The van der Waals surface area contributed by atoms with Crippen molar-refractivity contribution in [1.29, 1.82) is 0 Å². The second kappa shape index (κ2) is 6.79. The summed E-state index contributed by atoms with van der Waals surface area (Å²) in [5.41, 5.74) is 6.78. The van der Waals surface area contributed by atoms with Crippen molar-refractivity contribution in [1.82, 2.24) is 9.13 Å². The fourth-order valence-corrected chi connectivity index (χ4v) is 5.33. The van der Waals surface area contributed by atoms with Crippen molar-refractivity contribution in [3.05, 3.63) is 72.8 Å². The van der Waals surface area contributed by atoms with E-state index in [0.717, 1.165) is 33.7 Å². The van der Waals surface area contributed by atoms with Gasteiger partial charge in [-0.3, -0.25) is 0 Å². The maximum absolute atomic E-state index is 5.94. The molecule has 0 bridgehead atoms. The molecule has 32 heavy (non-hydrogen) atoms. The maximum atomic E-state index is 5.94. The molecule has 158 valence electrons. The van der Waals surface area contributed by atoms with E-state index in [9.17, 15) is 0 Å². The third kappa shape index (κ3) is 2.32. The number of rotatable bonds is 3. The average Bonchev–Trinajstić information content (AvgIpc) is 3.30. The molecular formula is C28H24N2O2. The predicted molar refractivity (Wildman–Crippen MR) is 133 cm³/mol. The molecule has 0 atom stereocenters. The lowest BCUT2D eigenvalue weighted by Gasteiger charge is -2.17. The van der Waals surface area contributed by atoms with Gasteiger partial charge in [0.2, 0.25) is 0 Å². The molecule has 0 amide bonds. The summed E-state index contributed by atoms with van der Waals surface area (Å²) in [6, 6.07) is 25.5. The normalized spacial score (nSPS) is 11.8. The Labute approximate surface area is 186 Å². The molecular weight excluding hydrogens is 396 g/mol. The number of hydrogen-bond donors (Lipinski definition) is 0. The lowest BCUT2D eigenvalue weighted by atomic mass is 9.97. The van der Waals surface area contributed by atoms with E-state index in [1.807, 2.05) is 0 Å². The van der Waals surface area contributed by atoms with E-state index in [1.54, 1.807) is 14.2 Å². The van der Waals surface area contributed by atoms with Gasteiger partial charge in [-0.1, -0.05) is 36.4 Å². The van der Waals surface area contributed by atoms with E-state index in [2.05, 4.69) is 96.0 Å². The summed E-state index contributed by atoms with van der Waals surface area (Å²) >= 11 is 0. The summed E-state index contributed by atoms with van der Waals surface area (Å²) < 4.78 is 16.4. The number of aromatic nitrogens is 2. The minimum Gasteiger partial charge on any atom is -0.496 e. The number of para-hydroxylation sites is 2. The van der Waals surface area contributed by atoms with Crippen molar-refractivity contribution < 1.29 is 9.47 Å². The van der Waals surface area contributed by atoms with Crippen molar-refractivity contribution in [3.63, 3.8) is 0 Å². The zero-order chi connectivity index (χ0) is 22.0. The SMILES string of the molecule is COc1ccc2c3ccccc3n(C)c2c1-c1c(OC)ccc2c3ccccc3n(C)c12. The Morgan fingerprint density at radius 2 is 0.906 bits per heavy atom. The number of fused-ring (bicyclic) bond motifs is 6. The van der Waals surface area contributed by atoms with Crippen LogP contribution in [-0.2, 0) is 14.1 Å². The quantitative estimate of drug-likeness (QED) is 0.320. The second-order valence-electron chi connectivity index (χ2n) is 8.23. The highest BCUT2D eigenvalue weighted by Crippen LogP contribution is 2.48. The van der Waals surface area contributed by atoms with E-state index in [4.69, 9.17) is 9.47 Å². The van der Waals surface area contributed by atoms with Gasteiger partial charge < -0.3 is 18.6 Å². The molecule has 0 N–H and O–H groups in total. The van der Waals surface area contributed by atoms with Crippen LogP contribution in [0.1, 0.15) is 0 Å². The molecule has 0 aliphatic carbocycles. The fourth-order valence-electron chi connectivity index (χ4n) is 5.33.